The molecule has 1 aliphatic rings. The van der Waals surface area contributed by atoms with Crippen LogP contribution < -0.4 is 5.32 Å². The van der Waals surface area contributed by atoms with Crippen LogP contribution in [0.2, 0.25) is 0 Å². The van der Waals surface area contributed by atoms with Crippen LogP contribution in [0, 0.1) is 6.92 Å². The van der Waals surface area contributed by atoms with Gasteiger partial charge in [0.15, 0.2) is 11.0 Å². The molecule has 5 nitrogen and oxygen atoms in total. The quantitative estimate of drug-likeness (QED) is 0.845. The fourth-order valence-corrected chi connectivity index (χ4v) is 3.90. The number of thioether (sulfide) groups is 1. The number of carbonyl (C=O) groups is 1. The number of benzene rings is 1. The molecule has 0 aliphatic heterocycles. The summed E-state index contributed by atoms with van der Waals surface area (Å²) in [5.41, 5.74) is 2.24. The number of aryl methyl sites for hydroxylation is 1. The van der Waals surface area contributed by atoms with Crippen molar-refractivity contribution in [2.75, 3.05) is 0 Å². The molecule has 1 aromatic carbocycles. The zero-order chi connectivity index (χ0) is 17.1. The molecule has 1 amide bonds. The lowest BCUT2D eigenvalue weighted by molar-refractivity contribution is -0.120. The van der Waals surface area contributed by atoms with Crippen molar-refractivity contribution in [2.24, 2.45) is 7.05 Å². The number of aromatic nitrogens is 3. The summed E-state index contributed by atoms with van der Waals surface area (Å²) in [5, 5.41) is 12.3. The summed E-state index contributed by atoms with van der Waals surface area (Å²) in [4.78, 5) is 12.4. The van der Waals surface area contributed by atoms with E-state index in [2.05, 4.69) is 28.5 Å². The van der Waals surface area contributed by atoms with E-state index >= 15 is 0 Å². The van der Waals surface area contributed by atoms with Crippen LogP contribution in [0.1, 0.15) is 38.2 Å². The molecular formula is C18H24N4OS. The van der Waals surface area contributed by atoms with Crippen molar-refractivity contribution in [1.29, 1.82) is 0 Å². The molecule has 24 heavy (non-hydrogen) atoms. The predicted octanol–water partition coefficient (Wildman–Crippen LogP) is 3.33. The van der Waals surface area contributed by atoms with E-state index < -0.39 is 0 Å². The lowest BCUT2D eigenvalue weighted by Crippen LogP contribution is -2.37. The smallest absolute Gasteiger partial charge is 0.233 e. The number of nitrogens with zero attached hydrogens (tertiary/aromatic N) is 3. The van der Waals surface area contributed by atoms with E-state index in [9.17, 15) is 4.79 Å². The molecule has 1 atom stereocenters. The Labute approximate surface area is 147 Å². The molecule has 1 saturated carbocycles. The van der Waals surface area contributed by atoms with Crippen LogP contribution in [0.25, 0.3) is 11.4 Å². The summed E-state index contributed by atoms with van der Waals surface area (Å²) in [6.07, 6.45) is 4.64. The van der Waals surface area contributed by atoms with E-state index in [1.165, 1.54) is 24.6 Å². The summed E-state index contributed by atoms with van der Waals surface area (Å²) in [6.45, 7) is 3.99. The molecule has 0 saturated heterocycles. The first-order valence-corrected chi connectivity index (χ1v) is 9.36. The maximum atomic E-state index is 12.4. The highest BCUT2D eigenvalue weighted by molar-refractivity contribution is 8.00. The Morgan fingerprint density at radius 2 is 2.00 bits per heavy atom. The Kier molecular flexibility index (Phi) is 5.23. The van der Waals surface area contributed by atoms with Gasteiger partial charge in [-0.25, -0.2) is 0 Å². The third kappa shape index (κ3) is 3.64. The largest absolute Gasteiger partial charge is 0.352 e. The normalized spacial score (nSPS) is 16.3. The Hall–Kier alpha value is -1.82. The minimum atomic E-state index is -0.182. The Morgan fingerprint density at radius 1 is 1.29 bits per heavy atom. The van der Waals surface area contributed by atoms with Gasteiger partial charge in [0.05, 0.1) is 5.25 Å². The highest BCUT2D eigenvalue weighted by Crippen LogP contribution is 2.27. The minimum Gasteiger partial charge on any atom is -0.352 e. The molecule has 1 unspecified atom stereocenters. The molecule has 1 aliphatic carbocycles. The molecular weight excluding hydrogens is 320 g/mol. The second-order valence-corrected chi connectivity index (χ2v) is 7.74. The number of hydrogen-bond acceptors (Lipinski definition) is 4. The van der Waals surface area contributed by atoms with Crippen LogP contribution in [0.5, 0.6) is 0 Å². The first-order valence-electron chi connectivity index (χ1n) is 8.48. The van der Waals surface area contributed by atoms with Crippen LogP contribution >= 0.6 is 11.8 Å². The average molecular weight is 344 g/mol. The average Bonchev–Trinajstić information content (AvgIpc) is 3.19. The van der Waals surface area contributed by atoms with Crippen molar-refractivity contribution in [3.63, 3.8) is 0 Å². The van der Waals surface area contributed by atoms with Crippen LogP contribution in [-0.4, -0.2) is 32.0 Å². The zero-order valence-corrected chi connectivity index (χ0v) is 15.3. The summed E-state index contributed by atoms with van der Waals surface area (Å²) in [7, 11) is 1.95. The van der Waals surface area contributed by atoms with E-state index in [0.29, 0.717) is 6.04 Å². The van der Waals surface area contributed by atoms with Gasteiger partial charge in [-0.1, -0.05) is 48.9 Å². The second-order valence-electron chi connectivity index (χ2n) is 6.43. The van der Waals surface area contributed by atoms with Gasteiger partial charge in [0, 0.05) is 18.7 Å². The summed E-state index contributed by atoms with van der Waals surface area (Å²) >= 11 is 1.46. The fourth-order valence-electron chi connectivity index (χ4n) is 3.08. The SMILES string of the molecule is Cc1ccccc1-c1nnc(SC(C)C(=O)NC2CCCC2)n1C. The molecule has 0 bridgehead atoms. The Bertz CT molecular complexity index is 722. The van der Waals surface area contributed by atoms with Gasteiger partial charge in [-0.3, -0.25) is 4.79 Å². The van der Waals surface area contributed by atoms with Crippen LogP contribution in [0.15, 0.2) is 29.4 Å². The van der Waals surface area contributed by atoms with Gasteiger partial charge in [-0.2, -0.15) is 0 Å². The van der Waals surface area contributed by atoms with Crippen molar-refractivity contribution in [3.8, 4) is 11.4 Å². The van der Waals surface area contributed by atoms with Crippen molar-refractivity contribution < 1.29 is 4.79 Å². The van der Waals surface area contributed by atoms with Gasteiger partial charge >= 0.3 is 0 Å². The predicted molar refractivity (Wildman–Crippen MR) is 96.9 cm³/mol. The third-order valence-corrected chi connectivity index (χ3v) is 5.71. The van der Waals surface area contributed by atoms with Gasteiger partial charge in [0.2, 0.25) is 5.91 Å². The van der Waals surface area contributed by atoms with Crippen LogP contribution in [0.4, 0.5) is 0 Å². The summed E-state index contributed by atoms with van der Waals surface area (Å²) < 4.78 is 1.96. The maximum absolute atomic E-state index is 12.4. The molecule has 1 N–H and O–H groups in total. The van der Waals surface area contributed by atoms with Crippen LogP contribution in [0.3, 0.4) is 0 Å². The molecule has 2 aromatic rings. The second kappa shape index (κ2) is 7.38. The van der Waals surface area contributed by atoms with Crippen molar-refractivity contribution in [1.82, 2.24) is 20.1 Å². The molecule has 3 rings (SSSR count). The van der Waals surface area contributed by atoms with E-state index in [0.717, 1.165) is 34.9 Å². The number of carbonyl (C=O) groups excluding carboxylic acids is 1. The lowest BCUT2D eigenvalue weighted by Gasteiger charge is -2.16. The van der Waals surface area contributed by atoms with E-state index in [1.807, 2.05) is 36.7 Å². The first kappa shape index (κ1) is 17.0. The van der Waals surface area contributed by atoms with Gasteiger partial charge in [0.1, 0.15) is 0 Å². The van der Waals surface area contributed by atoms with Gasteiger partial charge in [-0.15, -0.1) is 10.2 Å². The van der Waals surface area contributed by atoms with E-state index in [-0.39, 0.29) is 11.2 Å². The molecule has 0 radical (unpaired) electrons. The molecule has 1 aromatic heterocycles. The molecule has 1 fully saturated rings. The molecule has 0 spiro atoms. The van der Waals surface area contributed by atoms with Gasteiger partial charge in [-0.05, 0) is 32.3 Å². The molecule has 6 heteroatoms. The number of rotatable bonds is 5. The zero-order valence-electron chi connectivity index (χ0n) is 14.5. The lowest BCUT2D eigenvalue weighted by atomic mass is 10.1. The van der Waals surface area contributed by atoms with E-state index in [4.69, 9.17) is 0 Å². The molecule has 1 heterocycles. The number of nitrogens with one attached hydrogen (secondary N) is 1. The van der Waals surface area contributed by atoms with E-state index in [1.54, 1.807) is 0 Å². The monoisotopic (exact) mass is 344 g/mol. The standard InChI is InChI=1S/C18H24N4OS/c1-12-8-4-7-11-15(12)16-20-21-18(22(16)3)24-13(2)17(23)19-14-9-5-6-10-14/h4,7-8,11,13-14H,5-6,9-10H2,1-3H3,(H,19,23). The topological polar surface area (TPSA) is 59.8 Å². The third-order valence-electron chi connectivity index (χ3n) is 4.57. The summed E-state index contributed by atoms with van der Waals surface area (Å²) in [6, 6.07) is 8.47. The first-order chi connectivity index (χ1) is 11.6. The van der Waals surface area contributed by atoms with Crippen molar-refractivity contribution in [2.45, 2.75) is 56.0 Å². The number of hydrogen-bond donors (Lipinski definition) is 1. The van der Waals surface area contributed by atoms with Gasteiger partial charge in [0.25, 0.3) is 0 Å². The van der Waals surface area contributed by atoms with Gasteiger partial charge < -0.3 is 9.88 Å². The molecule has 128 valence electrons. The Balaban J connectivity index is 1.69. The highest BCUT2D eigenvalue weighted by Gasteiger charge is 2.23. The Morgan fingerprint density at radius 3 is 2.71 bits per heavy atom. The van der Waals surface area contributed by atoms with Crippen molar-refractivity contribution in [3.05, 3.63) is 29.8 Å². The number of amides is 1. The fraction of sp³-hybridized carbons (Fsp3) is 0.500. The maximum Gasteiger partial charge on any atom is 0.233 e. The van der Waals surface area contributed by atoms with Crippen LogP contribution in [-0.2, 0) is 11.8 Å². The summed E-state index contributed by atoms with van der Waals surface area (Å²) in [5.74, 6) is 0.923. The highest BCUT2D eigenvalue weighted by atomic mass is 32.2. The van der Waals surface area contributed by atoms with Crippen molar-refractivity contribution >= 4 is 17.7 Å². The minimum absolute atomic E-state index is 0.0901.